The molecule has 0 aliphatic heterocycles. The molecule has 2 aromatic rings. The molecule has 0 spiro atoms. The summed E-state index contributed by atoms with van der Waals surface area (Å²) in [6.45, 7) is 0.106. The molecule has 6 heteroatoms. The zero-order valence-corrected chi connectivity index (χ0v) is 12.3. The van der Waals surface area contributed by atoms with Crippen LogP contribution in [0.3, 0.4) is 0 Å². The van der Waals surface area contributed by atoms with Crippen molar-refractivity contribution < 1.29 is 19.4 Å². The van der Waals surface area contributed by atoms with Gasteiger partial charge in [0.05, 0.1) is 11.3 Å². The molecule has 1 amide bonds. The third-order valence-corrected chi connectivity index (χ3v) is 3.23. The van der Waals surface area contributed by atoms with E-state index in [2.05, 4.69) is 5.32 Å². The molecular formula is C16H14ClNO4. The van der Waals surface area contributed by atoms with E-state index < -0.39 is 12.1 Å². The molecular weight excluding hydrogens is 306 g/mol. The molecule has 0 atom stereocenters. The van der Waals surface area contributed by atoms with E-state index in [1.165, 1.54) is 12.1 Å². The van der Waals surface area contributed by atoms with Gasteiger partial charge in [0.25, 0.3) is 0 Å². The number of hydrogen-bond donors (Lipinski definition) is 2. The van der Waals surface area contributed by atoms with Gasteiger partial charge >= 0.3 is 12.1 Å². The Labute approximate surface area is 132 Å². The SMILES string of the molecule is O=C(Nc1ccc(CCl)cc1C(=O)O)OCc1ccccc1. The molecule has 0 aromatic heterocycles. The van der Waals surface area contributed by atoms with E-state index in [0.717, 1.165) is 5.56 Å². The fourth-order valence-electron chi connectivity index (χ4n) is 1.83. The van der Waals surface area contributed by atoms with Gasteiger partial charge in [-0.15, -0.1) is 11.6 Å². The summed E-state index contributed by atoms with van der Waals surface area (Å²) < 4.78 is 5.05. The molecule has 0 saturated carbocycles. The van der Waals surface area contributed by atoms with Gasteiger partial charge in [-0.2, -0.15) is 0 Å². The van der Waals surface area contributed by atoms with Gasteiger partial charge in [0.2, 0.25) is 0 Å². The third-order valence-electron chi connectivity index (χ3n) is 2.92. The second-order valence-corrected chi connectivity index (χ2v) is 4.77. The van der Waals surface area contributed by atoms with Gasteiger partial charge in [-0.3, -0.25) is 5.32 Å². The number of ether oxygens (including phenoxy) is 1. The van der Waals surface area contributed by atoms with Crippen molar-refractivity contribution in [1.29, 1.82) is 0 Å². The van der Waals surface area contributed by atoms with Crippen molar-refractivity contribution in [2.75, 3.05) is 5.32 Å². The fraction of sp³-hybridized carbons (Fsp3) is 0.125. The van der Waals surface area contributed by atoms with Gasteiger partial charge in [0.1, 0.15) is 6.61 Å². The molecule has 2 N–H and O–H groups in total. The van der Waals surface area contributed by atoms with Gasteiger partial charge in [-0.05, 0) is 23.3 Å². The van der Waals surface area contributed by atoms with E-state index in [4.69, 9.17) is 16.3 Å². The minimum atomic E-state index is -1.15. The highest BCUT2D eigenvalue weighted by atomic mass is 35.5. The van der Waals surface area contributed by atoms with Crippen LogP contribution in [0.5, 0.6) is 0 Å². The number of aromatic carboxylic acids is 1. The molecule has 0 saturated heterocycles. The highest BCUT2D eigenvalue weighted by Crippen LogP contribution is 2.19. The van der Waals surface area contributed by atoms with Gasteiger partial charge < -0.3 is 9.84 Å². The first-order chi connectivity index (χ1) is 10.6. The number of carbonyl (C=O) groups excluding carboxylic acids is 1. The maximum absolute atomic E-state index is 11.8. The van der Waals surface area contributed by atoms with Crippen molar-refractivity contribution in [3.8, 4) is 0 Å². The Morgan fingerprint density at radius 1 is 1.09 bits per heavy atom. The molecule has 0 radical (unpaired) electrons. The molecule has 0 aliphatic carbocycles. The maximum atomic E-state index is 11.8. The lowest BCUT2D eigenvalue weighted by atomic mass is 10.1. The molecule has 5 nitrogen and oxygen atoms in total. The van der Waals surface area contributed by atoms with Crippen LogP contribution in [-0.4, -0.2) is 17.2 Å². The average Bonchev–Trinajstić information content (AvgIpc) is 2.54. The fourth-order valence-corrected chi connectivity index (χ4v) is 2.00. The Morgan fingerprint density at radius 2 is 1.82 bits per heavy atom. The maximum Gasteiger partial charge on any atom is 0.411 e. The molecule has 0 aliphatic rings. The molecule has 0 heterocycles. The van der Waals surface area contributed by atoms with Crippen molar-refractivity contribution >= 4 is 29.4 Å². The Bertz CT molecular complexity index is 673. The zero-order chi connectivity index (χ0) is 15.9. The van der Waals surface area contributed by atoms with Crippen LogP contribution in [0.15, 0.2) is 48.5 Å². The number of hydrogen-bond acceptors (Lipinski definition) is 3. The lowest BCUT2D eigenvalue weighted by Gasteiger charge is -2.10. The second-order valence-electron chi connectivity index (χ2n) is 4.51. The second kappa shape index (κ2) is 7.47. The lowest BCUT2D eigenvalue weighted by molar-refractivity contribution is 0.0698. The highest BCUT2D eigenvalue weighted by Gasteiger charge is 2.14. The van der Waals surface area contributed by atoms with Crippen molar-refractivity contribution in [1.82, 2.24) is 0 Å². The van der Waals surface area contributed by atoms with E-state index in [-0.39, 0.29) is 23.7 Å². The largest absolute Gasteiger partial charge is 0.478 e. The first-order valence-electron chi connectivity index (χ1n) is 6.50. The molecule has 114 valence electrons. The van der Waals surface area contributed by atoms with Crippen LogP contribution in [0, 0.1) is 0 Å². The first-order valence-corrected chi connectivity index (χ1v) is 7.03. The number of carboxylic acids is 1. The first kappa shape index (κ1) is 15.9. The summed E-state index contributed by atoms with van der Waals surface area (Å²) >= 11 is 5.67. The smallest absolute Gasteiger partial charge is 0.411 e. The van der Waals surface area contributed by atoms with Gasteiger partial charge in [-0.1, -0.05) is 36.4 Å². The van der Waals surface area contributed by atoms with Gasteiger partial charge in [-0.25, -0.2) is 9.59 Å². The van der Waals surface area contributed by atoms with Crippen LogP contribution in [0.25, 0.3) is 0 Å². The minimum Gasteiger partial charge on any atom is -0.478 e. The molecule has 2 aromatic carbocycles. The summed E-state index contributed by atoms with van der Waals surface area (Å²) in [6.07, 6.45) is -0.718. The summed E-state index contributed by atoms with van der Waals surface area (Å²) in [5, 5.41) is 11.6. The van der Waals surface area contributed by atoms with E-state index in [0.29, 0.717) is 5.56 Å². The van der Waals surface area contributed by atoms with Crippen molar-refractivity contribution in [2.45, 2.75) is 12.5 Å². The number of carboxylic acid groups (broad SMARTS) is 1. The molecule has 2 rings (SSSR count). The quantitative estimate of drug-likeness (QED) is 0.820. The number of anilines is 1. The predicted molar refractivity (Wildman–Crippen MR) is 83.2 cm³/mol. The molecule has 0 unspecified atom stereocenters. The summed E-state index contributed by atoms with van der Waals surface area (Å²) in [5.41, 5.74) is 1.63. The van der Waals surface area contributed by atoms with Crippen LogP contribution < -0.4 is 5.32 Å². The van der Waals surface area contributed by atoms with Gasteiger partial charge in [0.15, 0.2) is 0 Å². The number of carbonyl (C=O) groups is 2. The topological polar surface area (TPSA) is 75.6 Å². The predicted octanol–water partition coefficient (Wildman–Crippen LogP) is 3.87. The average molecular weight is 320 g/mol. The summed E-state index contributed by atoms with van der Waals surface area (Å²) in [6, 6.07) is 13.7. The number of halogens is 1. The van der Waals surface area contributed by atoms with E-state index in [9.17, 15) is 14.7 Å². The number of amides is 1. The Kier molecular flexibility index (Phi) is 5.38. The van der Waals surface area contributed by atoms with E-state index in [1.54, 1.807) is 6.07 Å². The number of benzene rings is 2. The van der Waals surface area contributed by atoms with E-state index >= 15 is 0 Å². The molecule has 0 fully saturated rings. The van der Waals surface area contributed by atoms with Crippen LogP contribution in [-0.2, 0) is 17.2 Å². The number of alkyl halides is 1. The van der Waals surface area contributed by atoms with Crippen LogP contribution in [0.1, 0.15) is 21.5 Å². The van der Waals surface area contributed by atoms with Crippen LogP contribution in [0.4, 0.5) is 10.5 Å². The van der Waals surface area contributed by atoms with Crippen molar-refractivity contribution in [2.24, 2.45) is 0 Å². The van der Waals surface area contributed by atoms with Crippen molar-refractivity contribution in [3.05, 3.63) is 65.2 Å². The number of rotatable bonds is 5. The van der Waals surface area contributed by atoms with Gasteiger partial charge in [0, 0.05) is 5.88 Å². The zero-order valence-electron chi connectivity index (χ0n) is 11.6. The summed E-state index contributed by atoms with van der Waals surface area (Å²) in [5.74, 6) is -0.954. The highest BCUT2D eigenvalue weighted by molar-refractivity contribution is 6.17. The Morgan fingerprint density at radius 3 is 2.45 bits per heavy atom. The standard InChI is InChI=1S/C16H14ClNO4/c17-9-12-6-7-14(13(8-12)15(19)20)18-16(21)22-10-11-4-2-1-3-5-11/h1-8H,9-10H2,(H,18,21)(H,19,20). The molecule has 22 heavy (non-hydrogen) atoms. The molecule has 0 bridgehead atoms. The Hall–Kier alpha value is -2.53. The Balaban J connectivity index is 2.03. The number of nitrogens with one attached hydrogen (secondary N) is 1. The van der Waals surface area contributed by atoms with Crippen LogP contribution >= 0.6 is 11.6 Å². The van der Waals surface area contributed by atoms with Crippen LogP contribution in [0.2, 0.25) is 0 Å². The summed E-state index contributed by atoms with van der Waals surface area (Å²) in [4.78, 5) is 23.0. The normalized spacial score (nSPS) is 10.0. The van der Waals surface area contributed by atoms with E-state index in [1.807, 2.05) is 30.3 Å². The lowest BCUT2D eigenvalue weighted by Crippen LogP contribution is -2.16. The minimum absolute atomic E-state index is 0.0326. The summed E-state index contributed by atoms with van der Waals surface area (Å²) in [7, 11) is 0. The third kappa shape index (κ3) is 4.23. The van der Waals surface area contributed by atoms with Crippen molar-refractivity contribution in [3.63, 3.8) is 0 Å². The monoisotopic (exact) mass is 319 g/mol.